The van der Waals surface area contributed by atoms with Crippen LogP contribution >= 0.6 is 0 Å². The Kier molecular flexibility index (Phi) is 5.35. The molecule has 0 atom stereocenters. The maximum atomic E-state index is 13.5. The number of nitrogens with zero attached hydrogens (tertiary/aromatic N) is 1. The fourth-order valence-electron chi connectivity index (χ4n) is 3.30. The van der Waals surface area contributed by atoms with E-state index in [1.54, 1.807) is 42.5 Å². The second kappa shape index (κ2) is 8.01. The second-order valence-electron chi connectivity index (χ2n) is 7.46. The van der Waals surface area contributed by atoms with Gasteiger partial charge in [0.2, 0.25) is 0 Å². The zero-order valence-electron chi connectivity index (χ0n) is 16.8. The van der Waals surface area contributed by atoms with Crippen molar-refractivity contribution in [3.05, 3.63) is 84.4 Å². The van der Waals surface area contributed by atoms with Gasteiger partial charge >= 0.3 is 5.97 Å². The first-order valence-corrected chi connectivity index (χ1v) is 11.2. The summed E-state index contributed by atoms with van der Waals surface area (Å²) < 4.78 is 28.1. The Hall–Kier alpha value is -3.85. The zero-order chi connectivity index (χ0) is 22.9. The number of amides is 1. The van der Waals surface area contributed by atoms with Crippen LogP contribution in [0.3, 0.4) is 0 Å². The SMILES string of the molecule is O=C(NC1(C(=O)O)CC1)c1ccc(S(=O)(=O)N(c2ccccc2)c2ccccc2O)cc1. The van der Waals surface area contributed by atoms with Gasteiger partial charge in [-0.25, -0.2) is 17.5 Å². The lowest BCUT2D eigenvalue weighted by Crippen LogP contribution is -2.43. The minimum absolute atomic E-state index is 0.0812. The van der Waals surface area contributed by atoms with Gasteiger partial charge in [-0.05, 0) is 61.4 Å². The first-order valence-electron chi connectivity index (χ1n) is 9.79. The van der Waals surface area contributed by atoms with Crippen molar-refractivity contribution in [2.24, 2.45) is 0 Å². The number of carboxylic acids is 1. The summed E-state index contributed by atoms with van der Waals surface area (Å²) in [6.07, 6.45) is 0.709. The molecule has 0 radical (unpaired) electrons. The van der Waals surface area contributed by atoms with E-state index in [1.807, 2.05) is 0 Å². The number of aliphatic carboxylic acids is 1. The smallest absolute Gasteiger partial charge is 0.329 e. The standard InChI is InChI=1S/C23H20N2O6S/c26-20-9-5-4-8-19(20)25(17-6-2-1-3-7-17)32(30,31)18-12-10-16(11-13-18)21(27)24-23(14-15-23)22(28)29/h1-13,26H,14-15H2,(H,24,27)(H,28,29). The van der Waals surface area contributed by atoms with Gasteiger partial charge in [0.1, 0.15) is 11.3 Å². The third-order valence-electron chi connectivity index (χ3n) is 5.26. The molecular weight excluding hydrogens is 432 g/mol. The lowest BCUT2D eigenvalue weighted by atomic mass is 10.2. The van der Waals surface area contributed by atoms with E-state index in [-0.39, 0.29) is 21.9 Å². The van der Waals surface area contributed by atoms with Crippen LogP contribution in [-0.2, 0) is 14.8 Å². The van der Waals surface area contributed by atoms with Crippen LogP contribution in [0.5, 0.6) is 5.75 Å². The van der Waals surface area contributed by atoms with Crippen LogP contribution in [0, 0.1) is 0 Å². The molecule has 3 aromatic rings. The molecule has 0 heterocycles. The summed E-state index contributed by atoms with van der Waals surface area (Å²) in [7, 11) is -4.16. The van der Waals surface area contributed by atoms with Crippen molar-refractivity contribution in [1.29, 1.82) is 0 Å². The highest BCUT2D eigenvalue weighted by molar-refractivity contribution is 7.93. The predicted molar refractivity (Wildman–Crippen MR) is 117 cm³/mol. The van der Waals surface area contributed by atoms with Crippen molar-refractivity contribution in [2.75, 3.05) is 4.31 Å². The van der Waals surface area contributed by atoms with E-state index in [0.29, 0.717) is 18.5 Å². The molecule has 1 saturated carbocycles. The van der Waals surface area contributed by atoms with E-state index >= 15 is 0 Å². The normalized spacial score (nSPS) is 14.4. The summed E-state index contributed by atoms with van der Waals surface area (Å²) in [6.45, 7) is 0. The number of phenolic OH excluding ortho intramolecular Hbond substituents is 1. The fourth-order valence-corrected chi connectivity index (χ4v) is 4.80. The zero-order valence-corrected chi connectivity index (χ0v) is 17.6. The monoisotopic (exact) mass is 452 g/mol. The van der Waals surface area contributed by atoms with Crippen molar-refractivity contribution in [1.82, 2.24) is 5.32 Å². The average molecular weight is 452 g/mol. The molecule has 4 rings (SSSR count). The first-order chi connectivity index (χ1) is 15.2. The molecule has 9 heteroatoms. The number of carbonyl (C=O) groups is 2. The summed E-state index contributed by atoms with van der Waals surface area (Å²) in [4.78, 5) is 23.6. The highest BCUT2D eigenvalue weighted by Crippen LogP contribution is 2.38. The Morgan fingerprint density at radius 1 is 0.875 bits per heavy atom. The fraction of sp³-hybridized carbons (Fsp3) is 0.130. The molecule has 0 bridgehead atoms. The van der Waals surface area contributed by atoms with Gasteiger partial charge < -0.3 is 15.5 Å². The quantitative estimate of drug-likeness (QED) is 0.505. The second-order valence-corrected chi connectivity index (χ2v) is 9.25. The minimum atomic E-state index is -4.16. The Morgan fingerprint density at radius 2 is 1.47 bits per heavy atom. The number of phenols is 1. The van der Waals surface area contributed by atoms with Crippen molar-refractivity contribution in [3.8, 4) is 5.75 Å². The molecule has 3 N–H and O–H groups in total. The number of hydrogen-bond acceptors (Lipinski definition) is 5. The number of benzene rings is 3. The van der Waals surface area contributed by atoms with E-state index in [1.165, 1.54) is 36.4 Å². The first kappa shape index (κ1) is 21.4. The van der Waals surface area contributed by atoms with Gasteiger partial charge in [0.15, 0.2) is 0 Å². The van der Waals surface area contributed by atoms with Crippen LogP contribution in [-0.4, -0.2) is 36.0 Å². The summed E-state index contributed by atoms with van der Waals surface area (Å²) in [6, 6.07) is 19.6. The highest BCUT2D eigenvalue weighted by atomic mass is 32.2. The molecule has 3 aromatic carbocycles. The average Bonchev–Trinajstić information content (AvgIpc) is 3.57. The number of hydrogen-bond donors (Lipinski definition) is 3. The van der Waals surface area contributed by atoms with Gasteiger partial charge in [0, 0.05) is 5.56 Å². The van der Waals surface area contributed by atoms with Crippen LogP contribution < -0.4 is 9.62 Å². The molecule has 1 fully saturated rings. The Morgan fingerprint density at radius 3 is 2.03 bits per heavy atom. The van der Waals surface area contributed by atoms with Crippen molar-refractivity contribution in [3.63, 3.8) is 0 Å². The number of nitrogens with one attached hydrogen (secondary N) is 1. The summed E-state index contributed by atoms with van der Waals surface area (Å²) >= 11 is 0. The molecule has 164 valence electrons. The largest absolute Gasteiger partial charge is 0.506 e. The molecule has 1 aliphatic rings. The van der Waals surface area contributed by atoms with Crippen LogP contribution in [0.15, 0.2) is 83.8 Å². The van der Waals surface area contributed by atoms with E-state index in [0.717, 1.165) is 4.31 Å². The summed E-state index contributed by atoms with van der Waals surface area (Å²) in [5, 5.41) is 22.0. The molecule has 0 saturated heterocycles. The van der Waals surface area contributed by atoms with E-state index < -0.39 is 27.4 Å². The van der Waals surface area contributed by atoms with Crippen molar-refractivity contribution >= 4 is 33.3 Å². The third kappa shape index (κ3) is 3.90. The van der Waals surface area contributed by atoms with E-state index in [2.05, 4.69) is 5.32 Å². The minimum Gasteiger partial charge on any atom is -0.506 e. The molecule has 0 aliphatic heterocycles. The number of aromatic hydroxyl groups is 1. The van der Waals surface area contributed by atoms with Crippen molar-refractivity contribution in [2.45, 2.75) is 23.3 Å². The van der Waals surface area contributed by atoms with Gasteiger partial charge in [0.05, 0.1) is 16.3 Å². The van der Waals surface area contributed by atoms with E-state index in [9.17, 15) is 28.2 Å². The molecular formula is C23H20N2O6S. The molecule has 1 amide bonds. The van der Waals surface area contributed by atoms with Crippen molar-refractivity contribution < 1.29 is 28.2 Å². The molecule has 0 unspecified atom stereocenters. The molecule has 0 aromatic heterocycles. The van der Waals surface area contributed by atoms with Crippen LogP contribution in [0.4, 0.5) is 11.4 Å². The number of carboxylic acid groups (broad SMARTS) is 1. The molecule has 0 spiro atoms. The van der Waals surface area contributed by atoms with Gasteiger partial charge in [0.25, 0.3) is 15.9 Å². The number of rotatable bonds is 7. The van der Waals surface area contributed by atoms with Gasteiger partial charge in [-0.1, -0.05) is 30.3 Å². The lowest BCUT2D eigenvalue weighted by Gasteiger charge is -2.25. The molecule has 8 nitrogen and oxygen atoms in total. The van der Waals surface area contributed by atoms with Crippen LogP contribution in [0.1, 0.15) is 23.2 Å². The molecule has 1 aliphatic carbocycles. The maximum absolute atomic E-state index is 13.5. The predicted octanol–water partition coefficient (Wildman–Crippen LogP) is 3.27. The summed E-state index contributed by atoms with van der Waals surface area (Å²) in [5.41, 5.74) is -0.688. The number of sulfonamides is 1. The van der Waals surface area contributed by atoms with E-state index in [4.69, 9.17) is 0 Å². The van der Waals surface area contributed by atoms with Crippen LogP contribution in [0.2, 0.25) is 0 Å². The Bertz CT molecular complexity index is 1270. The number of para-hydroxylation sites is 3. The number of anilines is 2. The van der Waals surface area contributed by atoms with Gasteiger partial charge in [-0.3, -0.25) is 4.79 Å². The van der Waals surface area contributed by atoms with Gasteiger partial charge in [-0.15, -0.1) is 0 Å². The van der Waals surface area contributed by atoms with Gasteiger partial charge in [-0.2, -0.15) is 0 Å². The Labute approximate surface area is 184 Å². The number of carbonyl (C=O) groups excluding carboxylic acids is 1. The summed E-state index contributed by atoms with van der Waals surface area (Å²) in [5.74, 6) is -1.89. The highest BCUT2D eigenvalue weighted by Gasteiger charge is 2.51. The Balaban J connectivity index is 1.68. The lowest BCUT2D eigenvalue weighted by molar-refractivity contribution is -0.140. The maximum Gasteiger partial charge on any atom is 0.329 e. The molecule has 32 heavy (non-hydrogen) atoms. The topological polar surface area (TPSA) is 124 Å². The third-order valence-corrected chi connectivity index (χ3v) is 7.01. The van der Waals surface area contributed by atoms with Crippen LogP contribution in [0.25, 0.3) is 0 Å².